The summed E-state index contributed by atoms with van der Waals surface area (Å²) < 4.78 is 10.3. The van der Waals surface area contributed by atoms with Crippen LogP contribution in [-0.4, -0.2) is 30.4 Å². The van der Waals surface area contributed by atoms with Crippen molar-refractivity contribution in [3.05, 3.63) is 41.2 Å². The van der Waals surface area contributed by atoms with E-state index in [9.17, 15) is 19.2 Å². The summed E-state index contributed by atoms with van der Waals surface area (Å²) in [4.78, 5) is 47.5. The standard InChI is InChI=1S/C18H20N2O6/c1-4-25-18(24)16-13(9-15(23)20-17(16)19-10(2)21)12-7-5-6-8-14(12)26-11(3)22/h5-8,13H,4,9H2,1-3H3,(H,19,21)(H,20,23). The normalized spacial score (nSPS) is 16.6. The van der Waals surface area contributed by atoms with E-state index < -0.39 is 23.8 Å². The molecule has 2 N–H and O–H groups in total. The molecule has 0 saturated heterocycles. The smallest absolute Gasteiger partial charge is 0.338 e. The molecular formula is C18H20N2O6. The van der Waals surface area contributed by atoms with E-state index >= 15 is 0 Å². The molecule has 1 heterocycles. The highest BCUT2D eigenvalue weighted by Crippen LogP contribution is 2.37. The molecule has 26 heavy (non-hydrogen) atoms. The summed E-state index contributed by atoms with van der Waals surface area (Å²) in [6.45, 7) is 4.30. The van der Waals surface area contributed by atoms with Gasteiger partial charge in [0.15, 0.2) is 0 Å². The Bertz CT molecular complexity index is 784. The van der Waals surface area contributed by atoms with Crippen LogP contribution in [0.4, 0.5) is 0 Å². The van der Waals surface area contributed by atoms with Gasteiger partial charge in [0, 0.05) is 31.7 Å². The van der Waals surface area contributed by atoms with Crippen LogP contribution in [0.25, 0.3) is 0 Å². The number of nitrogens with one attached hydrogen (secondary N) is 2. The molecule has 0 saturated carbocycles. The van der Waals surface area contributed by atoms with Crippen molar-refractivity contribution in [1.29, 1.82) is 0 Å². The molecule has 2 amide bonds. The molecule has 2 rings (SSSR count). The summed E-state index contributed by atoms with van der Waals surface area (Å²) in [5, 5.41) is 4.96. The van der Waals surface area contributed by atoms with Crippen molar-refractivity contribution in [2.75, 3.05) is 6.61 Å². The topological polar surface area (TPSA) is 111 Å². The van der Waals surface area contributed by atoms with Crippen LogP contribution < -0.4 is 15.4 Å². The second-order valence-corrected chi connectivity index (χ2v) is 5.63. The van der Waals surface area contributed by atoms with Crippen LogP contribution in [-0.2, 0) is 23.9 Å². The fourth-order valence-electron chi connectivity index (χ4n) is 2.73. The molecule has 0 bridgehead atoms. The monoisotopic (exact) mass is 360 g/mol. The fourth-order valence-corrected chi connectivity index (χ4v) is 2.73. The molecule has 0 radical (unpaired) electrons. The fraction of sp³-hybridized carbons (Fsp3) is 0.333. The number of rotatable bonds is 5. The lowest BCUT2D eigenvalue weighted by molar-refractivity contribution is -0.139. The first-order chi connectivity index (χ1) is 12.3. The predicted octanol–water partition coefficient (Wildman–Crippen LogP) is 1.13. The third-order valence-corrected chi connectivity index (χ3v) is 3.62. The Hall–Kier alpha value is -3.16. The van der Waals surface area contributed by atoms with Crippen molar-refractivity contribution < 1.29 is 28.7 Å². The minimum Gasteiger partial charge on any atom is -0.463 e. The molecule has 8 heteroatoms. The van der Waals surface area contributed by atoms with E-state index in [1.54, 1.807) is 31.2 Å². The van der Waals surface area contributed by atoms with Crippen LogP contribution in [0.2, 0.25) is 0 Å². The molecule has 1 atom stereocenters. The minimum atomic E-state index is -0.736. The first-order valence-electron chi connectivity index (χ1n) is 8.09. The van der Waals surface area contributed by atoms with Gasteiger partial charge in [-0.15, -0.1) is 0 Å². The van der Waals surface area contributed by atoms with Gasteiger partial charge in [-0.05, 0) is 13.0 Å². The van der Waals surface area contributed by atoms with Crippen molar-refractivity contribution in [2.45, 2.75) is 33.1 Å². The van der Waals surface area contributed by atoms with Gasteiger partial charge in [-0.1, -0.05) is 18.2 Å². The van der Waals surface area contributed by atoms with E-state index in [-0.39, 0.29) is 36.1 Å². The largest absolute Gasteiger partial charge is 0.463 e. The van der Waals surface area contributed by atoms with Crippen LogP contribution in [0.3, 0.4) is 0 Å². The highest BCUT2D eigenvalue weighted by molar-refractivity contribution is 5.97. The van der Waals surface area contributed by atoms with Gasteiger partial charge in [-0.3, -0.25) is 14.4 Å². The first kappa shape index (κ1) is 19.2. The molecular weight excluding hydrogens is 340 g/mol. The summed E-state index contributed by atoms with van der Waals surface area (Å²) in [5.41, 5.74) is 0.574. The van der Waals surface area contributed by atoms with Crippen molar-refractivity contribution >= 4 is 23.8 Å². The Morgan fingerprint density at radius 3 is 2.54 bits per heavy atom. The molecule has 1 unspecified atom stereocenters. The summed E-state index contributed by atoms with van der Waals surface area (Å²) in [5.74, 6) is -2.54. The van der Waals surface area contributed by atoms with Gasteiger partial charge in [-0.25, -0.2) is 4.79 Å². The van der Waals surface area contributed by atoms with Gasteiger partial charge in [0.2, 0.25) is 11.8 Å². The summed E-state index contributed by atoms with van der Waals surface area (Å²) in [7, 11) is 0. The first-order valence-corrected chi connectivity index (χ1v) is 8.09. The maximum Gasteiger partial charge on any atom is 0.338 e. The summed E-state index contributed by atoms with van der Waals surface area (Å²) in [6.07, 6.45) is -0.0600. The van der Waals surface area contributed by atoms with E-state index in [0.29, 0.717) is 5.56 Å². The number of carbonyl (C=O) groups is 4. The zero-order valence-electron chi connectivity index (χ0n) is 14.8. The molecule has 1 aliphatic heterocycles. The van der Waals surface area contributed by atoms with Crippen molar-refractivity contribution in [3.8, 4) is 5.75 Å². The van der Waals surface area contributed by atoms with Crippen molar-refractivity contribution in [1.82, 2.24) is 10.6 Å². The Kier molecular flexibility index (Phi) is 6.11. The molecule has 1 aromatic carbocycles. The average Bonchev–Trinajstić information content (AvgIpc) is 2.53. The van der Waals surface area contributed by atoms with E-state index in [4.69, 9.17) is 9.47 Å². The predicted molar refractivity (Wildman–Crippen MR) is 90.7 cm³/mol. The average molecular weight is 360 g/mol. The Morgan fingerprint density at radius 1 is 1.23 bits per heavy atom. The highest BCUT2D eigenvalue weighted by atomic mass is 16.5. The Morgan fingerprint density at radius 2 is 1.92 bits per heavy atom. The molecule has 0 aromatic heterocycles. The van der Waals surface area contributed by atoms with Crippen LogP contribution in [0.15, 0.2) is 35.7 Å². The number of benzene rings is 1. The zero-order valence-corrected chi connectivity index (χ0v) is 14.8. The van der Waals surface area contributed by atoms with Crippen molar-refractivity contribution in [3.63, 3.8) is 0 Å². The van der Waals surface area contributed by atoms with E-state index in [0.717, 1.165) is 0 Å². The number of carbonyl (C=O) groups excluding carboxylic acids is 4. The third-order valence-electron chi connectivity index (χ3n) is 3.62. The zero-order chi connectivity index (χ0) is 19.3. The lowest BCUT2D eigenvalue weighted by atomic mass is 9.85. The SMILES string of the molecule is CCOC(=O)C1=C(NC(C)=O)NC(=O)CC1c1ccccc1OC(C)=O. The van der Waals surface area contributed by atoms with Gasteiger partial charge in [-0.2, -0.15) is 0 Å². The molecule has 8 nitrogen and oxygen atoms in total. The minimum absolute atomic E-state index is 0.0187. The van der Waals surface area contributed by atoms with Crippen LogP contribution in [0.1, 0.15) is 38.7 Å². The second-order valence-electron chi connectivity index (χ2n) is 5.63. The Labute approximate surface area is 150 Å². The highest BCUT2D eigenvalue weighted by Gasteiger charge is 2.36. The molecule has 1 aliphatic rings. The second kappa shape index (κ2) is 8.28. The third kappa shape index (κ3) is 4.47. The number of para-hydroxylation sites is 1. The lowest BCUT2D eigenvalue weighted by Gasteiger charge is -2.28. The van der Waals surface area contributed by atoms with Gasteiger partial charge >= 0.3 is 11.9 Å². The Balaban J connectivity index is 2.60. The van der Waals surface area contributed by atoms with Gasteiger partial charge in [0.25, 0.3) is 0 Å². The maximum atomic E-state index is 12.5. The number of ether oxygens (including phenoxy) is 2. The van der Waals surface area contributed by atoms with Gasteiger partial charge in [0.1, 0.15) is 11.6 Å². The molecule has 0 aliphatic carbocycles. The van der Waals surface area contributed by atoms with Crippen LogP contribution >= 0.6 is 0 Å². The molecule has 0 spiro atoms. The number of hydrogen-bond donors (Lipinski definition) is 2. The maximum absolute atomic E-state index is 12.5. The van der Waals surface area contributed by atoms with Gasteiger partial charge in [0.05, 0.1) is 12.2 Å². The summed E-state index contributed by atoms with van der Waals surface area (Å²) in [6, 6.07) is 6.61. The summed E-state index contributed by atoms with van der Waals surface area (Å²) >= 11 is 0. The number of esters is 2. The number of hydrogen-bond acceptors (Lipinski definition) is 6. The lowest BCUT2D eigenvalue weighted by Crippen LogP contribution is -2.42. The number of amides is 2. The van der Waals surface area contributed by atoms with Crippen molar-refractivity contribution in [2.24, 2.45) is 0 Å². The van der Waals surface area contributed by atoms with Crippen LogP contribution in [0.5, 0.6) is 5.75 Å². The quantitative estimate of drug-likeness (QED) is 0.601. The van der Waals surface area contributed by atoms with Gasteiger partial charge < -0.3 is 20.1 Å². The molecule has 0 fully saturated rings. The molecule has 138 valence electrons. The van der Waals surface area contributed by atoms with E-state index in [2.05, 4.69) is 10.6 Å². The van der Waals surface area contributed by atoms with E-state index in [1.165, 1.54) is 13.8 Å². The van der Waals surface area contributed by atoms with E-state index in [1.807, 2.05) is 0 Å². The van der Waals surface area contributed by atoms with Crippen LogP contribution in [0, 0.1) is 0 Å². The molecule has 1 aromatic rings.